The summed E-state index contributed by atoms with van der Waals surface area (Å²) in [6, 6.07) is 8.14. The van der Waals surface area contributed by atoms with Crippen LogP contribution < -0.4 is 5.32 Å². The standard InChI is InChI=1S/C21H29N5O2S/c1-3-8-22-19(27)15-24-11-13-25(14-12-24)20(28)16-29-21-23-9-10-26(21)18-7-5-4-6-17(18)2/h4-7,9-10H,3,8,11-16H2,1-2H3,(H,22,27). The molecule has 0 aliphatic carbocycles. The summed E-state index contributed by atoms with van der Waals surface area (Å²) in [4.78, 5) is 32.9. The van der Waals surface area contributed by atoms with E-state index in [0.29, 0.717) is 31.9 Å². The minimum Gasteiger partial charge on any atom is -0.355 e. The third kappa shape index (κ3) is 5.83. The van der Waals surface area contributed by atoms with Gasteiger partial charge in [-0.3, -0.25) is 19.1 Å². The van der Waals surface area contributed by atoms with Gasteiger partial charge in [0.05, 0.1) is 18.0 Å². The van der Waals surface area contributed by atoms with Crippen LogP contribution in [0.1, 0.15) is 18.9 Å². The lowest BCUT2D eigenvalue weighted by atomic mass is 10.2. The molecule has 1 saturated heterocycles. The first-order valence-electron chi connectivity index (χ1n) is 10.1. The van der Waals surface area contributed by atoms with Crippen molar-refractivity contribution in [2.75, 3.05) is 45.0 Å². The summed E-state index contributed by atoms with van der Waals surface area (Å²) < 4.78 is 2.03. The van der Waals surface area contributed by atoms with Gasteiger partial charge in [0.2, 0.25) is 11.8 Å². The molecule has 1 aliphatic heterocycles. The molecule has 0 radical (unpaired) electrons. The average molecular weight is 416 g/mol. The fourth-order valence-corrected chi connectivity index (χ4v) is 4.18. The molecule has 0 bridgehead atoms. The number of hydrogen-bond donors (Lipinski definition) is 1. The number of rotatable bonds is 8. The van der Waals surface area contributed by atoms with Crippen molar-refractivity contribution in [3.05, 3.63) is 42.2 Å². The number of aromatic nitrogens is 2. The molecule has 0 unspecified atom stereocenters. The molecule has 1 aliphatic rings. The zero-order valence-electron chi connectivity index (χ0n) is 17.1. The summed E-state index contributed by atoms with van der Waals surface area (Å²) in [6.45, 7) is 8.01. The number of amides is 2. The van der Waals surface area contributed by atoms with Gasteiger partial charge in [-0.1, -0.05) is 36.9 Å². The second-order valence-electron chi connectivity index (χ2n) is 7.16. The van der Waals surface area contributed by atoms with Crippen LogP contribution >= 0.6 is 11.8 Å². The third-order valence-electron chi connectivity index (χ3n) is 4.97. The van der Waals surface area contributed by atoms with Crippen molar-refractivity contribution in [2.45, 2.75) is 25.4 Å². The van der Waals surface area contributed by atoms with Gasteiger partial charge in [0, 0.05) is 45.1 Å². The van der Waals surface area contributed by atoms with E-state index in [1.165, 1.54) is 11.8 Å². The molecule has 2 aromatic rings. The number of carbonyl (C=O) groups excluding carboxylic acids is 2. The Morgan fingerprint density at radius 2 is 1.93 bits per heavy atom. The van der Waals surface area contributed by atoms with Crippen LogP contribution in [0.15, 0.2) is 41.8 Å². The van der Waals surface area contributed by atoms with Crippen LogP contribution in [0.2, 0.25) is 0 Å². The van der Waals surface area contributed by atoms with Crippen LogP contribution in [0.4, 0.5) is 0 Å². The van der Waals surface area contributed by atoms with E-state index in [0.717, 1.165) is 35.9 Å². The Hall–Kier alpha value is -2.32. The number of para-hydroxylation sites is 1. The van der Waals surface area contributed by atoms with E-state index in [1.807, 2.05) is 34.7 Å². The molecular weight excluding hydrogens is 386 g/mol. The zero-order chi connectivity index (χ0) is 20.6. The summed E-state index contributed by atoms with van der Waals surface area (Å²) in [7, 11) is 0. The van der Waals surface area contributed by atoms with E-state index < -0.39 is 0 Å². The van der Waals surface area contributed by atoms with Crippen LogP contribution in [-0.4, -0.2) is 76.2 Å². The first kappa shape index (κ1) is 21.4. The Morgan fingerprint density at radius 1 is 1.17 bits per heavy atom. The number of benzene rings is 1. The lowest BCUT2D eigenvalue weighted by Gasteiger charge is -2.34. The van der Waals surface area contributed by atoms with Gasteiger partial charge in [0.25, 0.3) is 0 Å². The summed E-state index contributed by atoms with van der Waals surface area (Å²) in [5.74, 6) is 0.537. The van der Waals surface area contributed by atoms with E-state index in [-0.39, 0.29) is 11.8 Å². The smallest absolute Gasteiger partial charge is 0.234 e. The second kappa shape index (κ2) is 10.5. The largest absolute Gasteiger partial charge is 0.355 e. The Bertz CT molecular complexity index is 830. The molecule has 8 heteroatoms. The van der Waals surface area contributed by atoms with E-state index in [1.54, 1.807) is 6.20 Å². The predicted molar refractivity (Wildman–Crippen MR) is 115 cm³/mol. The first-order valence-corrected chi connectivity index (χ1v) is 11.1. The molecule has 7 nitrogen and oxygen atoms in total. The molecule has 1 aromatic heterocycles. The lowest BCUT2D eigenvalue weighted by Crippen LogP contribution is -2.51. The molecule has 0 atom stereocenters. The Kier molecular flexibility index (Phi) is 7.71. The normalized spacial score (nSPS) is 14.8. The van der Waals surface area contributed by atoms with Crippen molar-refractivity contribution >= 4 is 23.6 Å². The number of thioether (sulfide) groups is 1. The summed E-state index contributed by atoms with van der Waals surface area (Å²) in [5.41, 5.74) is 2.24. The van der Waals surface area contributed by atoms with Gasteiger partial charge in [-0.15, -0.1) is 0 Å². The van der Waals surface area contributed by atoms with Gasteiger partial charge in [-0.2, -0.15) is 0 Å². The maximum Gasteiger partial charge on any atom is 0.234 e. The first-order chi connectivity index (χ1) is 14.1. The molecule has 29 heavy (non-hydrogen) atoms. The number of nitrogens with zero attached hydrogens (tertiary/aromatic N) is 4. The van der Waals surface area contributed by atoms with Crippen molar-refractivity contribution in [3.8, 4) is 5.69 Å². The molecule has 1 fully saturated rings. The highest BCUT2D eigenvalue weighted by Gasteiger charge is 2.23. The van der Waals surface area contributed by atoms with Crippen molar-refractivity contribution in [1.29, 1.82) is 0 Å². The minimum atomic E-state index is 0.0604. The maximum absolute atomic E-state index is 12.6. The molecule has 3 rings (SSSR count). The highest BCUT2D eigenvalue weighted by molar-refractivity contribution is 7.99. The fourth-order valence-electron chi connectivity index (χ4n) is 3.31. The van der Waals surface area contributed by atoms with Gasteiger partial charge in [0.1, 0.15) is 0 Å². The van der Waals surface area contributed by atoms with E-state index in [9.17, 15) is 9.59 Å². The number of aryl methyl sites for hydroxylation is 1. The summed E-state index contributed by atoms with van der Waals surface area (Å²) >= 11 is 1.46. The van der Waals surface area contributed by atoms with Crippen molar-refractivity contribution in [2.24, 2.45) is 0 Å². The van der Waals surface area contributed by atoms with Crippen LogP contribution in [0.5, 0.6) is 0 Å². The highest BCUT2D eigenvalue weighted by atomic mass is 32.2. The molecule has 2 amide bonds. The molecule has 1 aromatic carbocycles. The van der Waals surface area contributed by atoms with E-state index >= 15 is 0 Å². The topological polar surface area (TPSA) is 70.5 Å². The Balaban J connectivity index is 1.48. The number of hydrogen-bond acceptors (Lipinski definition) is 5. The van der Waals surface area contributed by atoms with Crippen molar-refractivity contribution in [3.63, 3.8) is 0 Å². The Morgan fingerprint density at radius 3 is 2.66 bits per heavy atom. The number of carbonyl (C=O) groups is 2. The van der Waals surface area contributed by atoms with Crippen molar-refractivity contribution in [1.82, 2.24) is 24.7 Å². The van der Waals surface area contributed by atoms with E-state index in [2.05, 4.69) is 34.3 Å². The lowest BCUT2D eigenvalue weighted by molar-refractivity contribution is -0.130. The number of piperazine rings is 1. The maximum atomic E-state index is 12.6. The van der Waals surface area contributed by atoms with E-state index in [4.69, 9.17) is 0 Å². The van der Waals surface area contributed by atoms with Crippen LogP contribution in [0, 0.1) is 6.92 Å². The van der Waals surface area contributed by atoms with Crippen LogP contribution in [0.3, 0.4) is 0 Å². The van der Waals surface area contributed by atoms with Gasteiger partial charge in [-0.05, 0) is 25.0 Å². The summed E-state index contributed by atoms with van der Waals surface area (Å²) in [6.07, 6.45) is 4.63. The molecule has 0 saturated carbocycles. The SMILES string of the molecule is CCCNC(=O)CN1CCN(C(=O)CSc2nccn2-c2ccccc2C)CC1. The minimum absolute atomic E-state index is 0.0604. The highest BCUT2D eigenvalue weighted by Crippen LogP contribution is 2.23. The number of imidazole rings is 1. The number of nitrogens with one attached hydrogen (secondary N) is 1. The van der Waals surface area contributed by atoms with Crippen LogP contribution in [0.25, 0.3) is 5.69 Å². The van der Waals surface area contributed by atoms with Gasteiger partial charge in [0.15, 0.2) is 5.16 Å². The Labute approximate surface area is 176 Å². The molecule has 0 spiro atoms. The van der Waals surface area contributed by atoms with Gasteiger partial charge >= 0.3 is 0 Å². The van der Waals surface area contributed by atoms with Gasteiger partial charge in [-0.25, -0.2) is 4.98 Å². The predicted octanol–water partition coefficient (Wildman–Crippen LogP) is 1.94. The van der Waals surface area contributed by atoms with Crippen molar-refractivity contribution < 1.29 is 9.59 Å². The third-order valence-corrected chi connectivity index (χ3v) is 5.92. The molecule has 2 heterocycles. The fraction of sp³-hybridized carbons (Fsp3) is 0.476. The average Bonchev–Trinajstić information content (AvgIpc) is 3.19. The molecule has 1 N–H and O–H groups in total. The summed E-state index contributed by atoms with van der Waals surface area (Å²) in [5, 5.41) is 3.72. The molecular formula is C21H29N5O2S. The zero-order valence-corrected chi connectivity index (χ0v) is 18.0. The van der Waals surface area contributed by atoms with Gasteiger partial charge < -0.3 is 10.2 Å². The monoisotopic (exact) mass is 415 g/mol. The quantitative estimate of drug-likeness (QED) is 0.668. The van der Waals surface area contributed by atoms with Crippen LogP contribution in [-0.2, 0) is 9.59 Å². The molecule has 156 valence electrons. The second-order valence-corrected chi connectivity index (χ2v) is 8.10.